The van der Waals surface area contributed by atoms with Gasteiger partial charge in [0, 0.05) is 32.6 Å². The summed E-state index contributed by atoms with van der Waals surface area (Å²) in [7, 11) is 0. The number of aryl methyl sites for hydroxylation is 1. The Kier molecular flexibility index (Phi) is 5.32. The highest BCUT2D eigenvalue weighted by Gasteiger charge is 2.29. The van der Waals surface area contributed by atoms with Gasteiger partial charge in [-0.25, -0.2) is 0 Å². The Morgan fingerprint density at radius 3 is 2.78 bits per heavy atom. The van der Waals surface area contributed by atoms with E-state index in [0.717, 1.165) is 0 Å². The fourth-order valence-electron chi connectivity index (χ4n) is 2.36. The van der Waals surface area contributed by atoms with Crippen LogP contribution in [0.1, 0.15) is 23.2 Å². The average molecular weight is 325 g/mol. The van der Waals surface area contributed by atoms with Crippen LogP contribution in [-0.4, -0.2) is 76.7 Å². The van der Waals surface area contributed by atoms with Crippen molar-refractivity contribution in [2.24, 2.45) is 0 Å². The van der Waals surface area contributed by atoms with Crippen molar-refractivity contribution >= 4 is 17.8 Å². The summed E-state index contributed by atoms with van der Waals surface area (Å²) in [6, 6.07) is 1.55. The maximum absolute atomic E-state index is 12.3. The van der Waals surface area contributed by atoms with Gasteiger partial charge in [0.15, 0.2) is 5.69 Å². The van der Waals surface area contributed by atoms with E-state index < -0.39 is 18.6 Å². The molecule has 0 spiro atoms. The van der Waals surface area contributed by atoms with Gasteiger partial charge in [0.2, 0.25) is 5.91 Å². The third-order valence-electron chi connectivity index (χ3n) is 3.47. The van der Waals surface area contributed by atoms with E-state index in [1.807, 2.05) is 0 Å². The molecular weight excluding hydrogens is 306 g/mol. The van der Waals surface area contributed by atoms with Crippen molar-refractivity contribution < 1.29 is 28.8 Å². The monoisotopic (exact) mass is 325 g/mol. The van der Waals surface area contributed by atoms with Crippen LogP contribution in [0.5, 0.6) is 0 Å². The molecule has 9 heteroatoms. The first-order chi connectivity index (χ1) is 10.9. The van der Waals surface area contributed by atoms with Gasteiger partial charge in [0.1, 0.15) is 12.3 Å². The Morgan fingerprint density at radius 1 is 1.48 bits per heavy atom. The molecule has 1 saturated heterocycles. The molecule has 126 valence electrons. The molecule has 1 aromatic heterocycles. The molecule has 0 aromatic carbocycles. The molecule has 1 aliphatic rings. The predicted octanol–water partition coefficient (Wildman–Crippen LogP) is -0.243. The fraction of sp³-hybridized carbons (Fsp3) is 0.571. The first-order valence-corrected chi connectivity index (χ1v) is 7.18. The van der Waals surface area contributed by atoms with Crippen molar-refractivity contribution in [3.8, 4) is 0 Å². The Bertz CT molecular complexity index is 599. The molecule has 1 fully saturated rings. The lowest BCUT2D eigenvalue weighted by Gasteiger charge is -2.34. The zero-order valence-electron chi connectivity index (χ0n) is 13.0. The summed E-state index contributed by atoms with van der Waals surface area (Å²) in [5.74, 6) is -1.18. The Balaban J connectivity index is 1.98. The number of carboxylic acids is 1. The first-order valence-electron chi connectivity index (χ1n) is 7.18. The quantitative estimate of drug-likeness (QED) is 0.794. The van der Waals surface area contributed by atoms with Crippen LogP contribution < -0.4 is 0 Å². The van der Waals surface area contributed by atoms with Crippen LogP contribution in [0.4, 0.5) is 0 Å². The third-order valence-corrected chi connectivity index (χ3v) is 3.47. The van der Waals surface area contributed by atoms with E-state index in [0.29, 0.717) is 18.9 Å². The number of carbonyl (C=O) groups excluding carboxylic acids is 2. The zero-order valence-corrected chi connectivity index (χ0v) is 13.0. The standard InChI is InChI=1S/C14H19N3O6/c1-9-5-12(15-23-9)14(21)16-3-4-22-11(6-16)7-17(10(2)18)8-13(19)20/h5,11H,3-4,6-8H2,1-2H3,(H,19,20). The van der Waals surface area contributed by atoms with Gasteiger partial charge in [-0.2, -0.15) is 0 Å². The summed E-state index contributed by atoms with van der Waals surface area (Å²) in [4.78, 5) is 37.4. The molecule has 2 rings (SSSR count). The van der Waals surface area contributed by atoms with Gasteiger partial charge in [-0.1, -0.05) is 5.16 Å². The van der Waals surface area contributed by atoms with Gasteiger partial charge < -0.3 is 24.2 Å². The largest absolute Gasteiger partial charge is 0.480 e. The second-order valence-corrected chi connectivity index (χ2v) is 5.36. The minimum atomic E-state index is -1.10. The number of hydrogen-bond donors (Lipinski definition) is 1. The number of carboxylic acid groups (broad SMARTS) is 1. The molecule has 1 unspecified atom stereocenters. The van der Waals surface area contributed by atoms with Crippen molar-refractivity contribution in [3.63, 3.8) is 0 Å². The number of aromatic nitrogens is 1. The van der Waals surface area contributed by atoms with Crippen LogP contribution in [0.2, 0.25) is 0 Å². The van der Waals surface area contributed by atoms with Crippen molar-refractivity contribution in [3.05, 3.63) is 17.5 Å². The Labute approximate surface area is 132 Å². The second-order valence-electron chi connectivity index (χ2n) is 5.36. The van der Waals surface area contributed by atoms with Gasteiger partial charge >= 0.3 is 5.97 Å². The van der Waals surface area contributed by atoms with Crippen LogP contribution in [0.3, 0.4) is 0 Å². The maximum Gasteiger partial charge on any atom is 0.323 e. The molecule has 0 saturated carbocycles. The highest BCUT2D eigenvalue weighted by molar-refractivity contribution is 5.92. The summed E-state index contributed by atoms with van der Waals surface area (Å²) < 4.78 is 10.4. The number of amides is 2. The van der Waals surface area contributed by atoms with E-state index in [9.17, 15) is 14.4 Å². The lowest BCUT2D eigenvalue weighted by molar-refractivity contribution is -0.145. The van der Waals surface area contributed by atoms with E-state index >= 15 is 0 Å². The van der Waals surface area contributed by atoms with Crippen LogP contribution in [0.25, 0.3) is 0 Å². The molecule has 23 heavy (non-hydrogen) atoms. The molecule has 2 amide bonds. The summed E-state index contributed by atoms with van der Waals surface area (Å²) >= 11 is 0. The summed E-state index contributed by atoms with van der Waals surface area (Å²) in [5, 5.41) is 12.5. The molecule has 1 atom stereocenters. The summed E-state index contributed by atoms with van der Waals surface area (Å²) in [6.45, 7) is 3.69. The molecule has 0 bridgehead atoms. The van der Waals surface area contributed by atoms with Crippen LogP contribution in [0, 0.1) is 6.92 Å². The molecule has 9 nitrogen and oxygen atoms in total. The molecule has 1 N–H and O–H groups in total. The van der Waals surface area contributed by atoms with Gasteiger partial charge in [-0.3, -0.25) is 14.4 Å². The van der Waals surface area contributed by atoms with E-state index in [4.69, 9.17) is 14.4 Å². The van der Waals surface area contributed by atoms with Gasteiger partial charge in [0.25, 0.3) is 5.91 Å². The SMILES string of the molecule is CC(=O)N(CC(=O)O)CC1CN(C(=O)c2cc(C)on2)CCO1. The third kappa shape index (κ3) is 4.52. The fourth-order valence-corrected chi connectivity index (χ4v) is 2.36. The highest BCUT2D eigenvalue weighted by atomic mass is 16.5. The van der Waals surface area contributed by atoms with E-state index in [1.54, 1.807) is 17.9 Å². The molecule has 0 aliphatic carbocycles. The highest BCUT2D eigenvalue weighted by Crippen LogP contribution is 2.12. The topological polar surface area (TPSA) is 113 Å². The average Bonchev–Trinajstić information content (AvgIpc) is 2.92. The molecular formula is C14H19N3O6. The minimum absolute atomic E-state index is 0.114. The number of morpholine rings is 1. The number of hydrogen-bond acceptors (Lipinski definition) is 6. The number of carbonyl (C=O) groups is 3. The van der Waals surface area contributed by atoms with E-state index in [2.05, 4.69) is 5.16 Å². The number of rotatable bonds is 5. The molecule has 1 aliphatic heterocycles. The predicted molar refractivity (Wildman–Crippen MR) is 76.8 cm³/mol. The summed E-state index contributed by atoms with van der Waals surface area (Å²) in [5.41, 5.74) is 0.220. The van der Waals surface area contributed by atoms with Gasteiger partial charge in [-0.15, -0.1) is 0 Å². The van der Waals surface area contributed by atoms with E-state index in [-0.39, 0.29) is 30.6 Å². The normalized spacial score (nSPS) is 17.8. The number of nitrogens with zero attached hydrogens (tertiary/aromatic N) is 3. The van der Waals surface area contributed by atoms with Crippen LogP contribution in [-0.2, 0) is 14.3 Å². The van der Waals surface area contributed by atoms with Crippen LogP contribution >= 0.6 is 0 Å². The first kappa shape index (κ1) is 16.9. The van der Waals surface area contributed by atoms with Crippen molar-refractivity contribution in [1.29, 1.82) is 0 Å². The van der Waals surface area contributed by atoms with Crippen molar-refractivity contribution in [2.75, 3.05) is 32.8 Å². The van der Waals surface area contributed by atoms with Gasteiger partial charge in [0.05, 0.1) is 12.7 Å². The lowest BCUT2D eigenvalue weighted by Crippen LogP contribution is -2.51. The minimum Gasteiger partial charge on any atom is -0.480 e. The molecule has 1 aromatic rings. The maximum atomic E-state index is 12.3. The number of ether oxygens (including phenoxy) is 1. The Morgan fingerprint density at radius 2 is 2.22 bits per heavy atom. The molecule has 2 heterocycles. The smallest absolute Gasteiger partial charge is 0.323 e. The van der Waals surface area contributed by atoms with Gasteiger partial charge in [-0.05, 0) is 6.92 Å². The second kappa shape index (κ2) is 7.23. The summed E-state index contributed by atoms with van der Waals surface area (Å²) in [6.07, 6.45) is -0.441. The Hall–Kier alpha value is -2.42. The number of aliphatic carboxylic acids is 1. The van der Waals surface area contributed by atoms with E-state index in [1.165, 1.54) is 11.8 Å². The van der Waals surface area contributed by atoms with Crippen molar-refractivity contribution in [2.45, 2.75) is 20.0 Å². The van der Waals surface area contributed by atoms with Crippen molar-refractivity contribution in [1.82, 2.24) is 15.0 Å². The molecule has 0 radical (unpaired) electrons. The lowest BCUT2D eigenvalue weighted by atomic mass is 10.2. The zero-order chi connectivity index (χ0) is 17.0. The van der Waals surface area contributed by atoms with Crippen LogP contribution in [0.15, 0.2) is 10.6 Å².